The van der Waals surface area contributed by atoms with Gasteiger partial charge in [0.25, 0.3) is 5.91 Å². The Labute approximate surface area is 160 Å². The number of hydrogen-bond acceptors (Lipinski definition) is 4. The summed E-state index contributed by atoms with van der Waals surface area (Å²) in [6.07, 6.45) is 1.84. The lowest BCUT2D eigenvalue weighted by Gasteiger charge is -2.15. The number of nitrogens with one attached hydrogen (secondary N) is 1. The number of benzene rings is 2. The largest absolute Gasteiger partial charge is 0.496 e. The molecular weight excluding hydrogens is 352 g/mol. The molecule has 1 fully saturated rings. The van der Waals surface area contributed by atoms with Gasteiger partial charge in [0.1, 0.15) is 11.9 Å². The molecule has 2 aromatic carbocycles. The number of rotatable bonds is 6. The summed E-state index contributed by atoms with van der Waals surface area (Å²) >= 11 is 0. The van der Waals surface area contributed by atoms with E-state index in [-0.39, 0.29) is 24.4 Å². The number of carbonyl (C=O) groups excluding carboxylic acids is 1. The van der Waals surface area contributed by atoms with Gasteiger partial charge in [-0.2, -0.15) is 0 Å². The molecule has 26 heavy (non-hydrogen) atoms. The van der Waals surface area contributed by atoms with Crippen molar-refractivity contribution in [1.29, 1.82) is 0 Å². The van der Waals surface area contributed by atoms with Crippen molar-refractivity contribution in [2.45, 2.75) is 31.5 Å². The molecule has 3 rings (SSSR count). The number of ether oxygens (including phenoxy) is 2. The van der Waals surface area contributed by atoms with Crippen LogP contribution in [0.3, 0.4) is 0 Å². The van der Waals surface area contributed by atoms with Crippen molar-refractivity contribution in [3.8, 4) is 5.75 Å². The van der Waals surface area contributed by atoms with E-state index in [1.807, 2.05) is 36.4 Å². The van der Waals surface area contributed by atoms with Gasteiger partial charge in [-0.3, -0.25) is 4.79 Å². The van der Waals surface area contributed by atoms with E-state index < -0.39 is 6.10 Å². The Morgan fingerprint density at radius 1 is 1.23 bits per heavy atom. The lowest BCUT2D eigenvalue weighted by Crippen LogP contribution is -2.29. The number of amides is 1. The van der Waals surface area contributed by atoms with E-state index in [1.165, 1.54) is 5.56 Å². The molecule has 3 N–H and O–H groups in total. The SMILES string of the molecule is COc1ccc(NC(=O)[C@@H]2CC[C@H](CN)O2)cc1Cc1ccccc1.Cl. The highest BCUT2D eigenvalue weighted by Crippen LogP contribution is 2.26. The first kappa shape index (κ1) is 20.2. The van der Waals surface area contributed by atoms with Gasteiger partial charge in [0.15, 0.2) is 0 Å². The van der Waals surface area contributed by atoms with Gasteiger partial charge >= 0.3 is 0 Å². The summed E-state index contributed by atoms with van der Waals surface area (Å²) in [6, 6.07) is 15.9. The highest BCUT2D eigenvalue weighted by atomic mass is 35.5. The van der Waals surface area contributed by atoms with Crippen LogP contribution >= 0.6 is 12.4 Å². The maximum Gasteiger partial charge on any atom is 0.253 e. The number of anilines is 1. The number of nitrogens with two attached hydrogens (primary N) is 1. The van der Waals surface area contributed by atoms with Gasteiger partial charge in [-0.15, -0.1) is 12.4 Å². The molecule has 1 saturated heterocycles. The number of carbonyl (C=O) groups is 1. The Bertz CT molecular complexity index is 724. The first-order chi connectivity index (χ1) is 12.2. The standard InChI is InChI=1S/C20H24N2O3.ClH/c1-24-18-9-7-16(12-15(18)11-14-5-3-2-4-6-14)22-20(23)19-10-8-17(13-21)25-19;/h2-7,9,12,17,19H,8,10-11,13,21H2,1H3,(H,22,23);1H/t17-,19+;/m1./s1. The summed E-state index contributed by atoms with van der Waals surface area (Å²) in [7, 11) is 1.65. The second-order valence-electron chi connectivity index (χ2n) is 6.24. The minimum absolute atomic E-state index is 0. The van der Waals surface area contributed by atoms with Crippen LogP contribution in [-0.2, 0) is 16.0 Å². The fourth-order valence-corrected chi connectivity index (χ4v) is 3.10. The molecule has 6 heteroatoms. The molecule has 0 saturated carbocycles. The summed E-state index contributed by atoms with van der Waals surface area (Å²) in [4.78, 5) is 12.4. The van der Waals surface area contributed by atoms with Crippen LogP contribution in [0.4, 0.5) is 5.69 Å². The second kappa shape index (κ2) is 9.57. The van der Waals surface area contributed by atoms with Crippen LogP contribution in [0, 0.1) is 0 Å². The maximum absolute atomic E-state index is 12.4. The predicted octanol–water partition coefficient (Wildman–Crippen LogP) is 3.15. The van der Waals surface area contributed by atoms with E-state index in [9.17, 15) is 4.79 Å². The van der Waals surface area contributed by atoms with Crippen LogP contribution < -0.4 is 15.8 Å². The second-order valence-corrected chi connectivity index (χ2v) is 6.24. The van der Waals surface area contributed by atoms with Gasteiger partial charge in [-0.25, -0.2) is 0 Å². The zero-order chi connectivity index (χ0) is 17.6. The molecule has 0 radical (unpaired) electrons. The Balaban J connectivity index is 0.00000243. The molecule has 1 amide bonds. The molecule has 1 aliphatic heterocycles. The average Bonchev–Trinajstić information content (AvgIpc) is 3.12. The average molecular weight is 377 g/mol. The summed E-state index contributed by atoms with van der Waals surface area (Å²) < 4.78 is 11.1. The van der Waals surface area contributed by atoms with Gasteiger partial charge in [0.2, 0.25) is 0 Å². The quantitative estimate of drug-likeness (QED) is 0.812. The van der Waals surface area contributed by atoms with E-state index in [0.717, 1.165) is 29.8 Å². The zero-order valence-corrected chi connectivity index (χ0v) is 15.6. The third-order valence-electron chi connectivity index (χ3n) is 4.45. The lowest BCUT2D eigenvalue weighted by atomic mass is 10.0. The van der Waals surface area contributed by atoms with E-state index in [1.54, 1.807) is 7.11 Å². The third-order valence-corrected chi connectivity index (χ3v) is 4.45. The molecular formula is C20H25ClN2O3. The first-order valence-electron chi connectivity index (χ1n) is 8.57. The summed E-state index contributed by atoms with van der Waals surface area (Å²) in [5.74, 6) is 0.689. The fourth-order valence-electron chi connectivity index (χ4n) is 3.10. The highest BCUT2D eigenvalue weighted by molar-refractivity contribution is 5.94. The van der Waals surface area contributed by atoms with Crippen molar-refractivity contribution in [2.24, 2.45) is 5.73 Å². The topological polar surface area (TPSA) is 73.6 Å². The lowest BCUT2D eigenvalue weighted by molar-refractivity contribution is -0.126. The summed E-state index contributed by atoms with van der Waals surface area (Å²) in [6.45, 7) is 0.452. The van der Waals surface area contributed by atoms with Crippen molar-refractivity contribution in [1.82, 2.24) is 0 Å². The predicted molar refractivity (Wildman–Crippen MR) is 105 cm³/mol. The van der Waals surface area contributed by atoms with Crippen LogP contribution in [0.25, 0.3) is 0 Å². The van der Waals surface area contributed by atoms with Crippen LogP contribution in [0.2, 0.25) is 0 Å². The van der Waals surface area contributed by atoms with Gasteiger partial charge in [-0.05, 0) is 36.6 Å². The molecule has 0 aliphatic carbocycles. The Kier molecular flexibility index (Phi) is 7.45. The fraction of sp³-hybridized carbons (Fsp3) is 0.350. The molecule has 2 atom stereocenters. The summed E-state index contributed by atoms with van der Waals surface area (Å²) in [5.41, 5.74) is 8.57. The van der Waals surface area contributed by atoms with Crippen molar-refractivity contribution in [3.63, 3.8) is 0 Å². The molecule has 1 heterocycles. The molecule has 0 bridgehead atoms. The van der Waals surface area contributed by atoms with E-state index in [4.69, 9.17) is 15.2 Å². The van der Waals surface area contributed by atoms with Gasteiger partial charge in [-0.1, -0.05) is 30.3 Å². The van der Waals surface area contributed by atoms with Crippen LogP contribution in [-0.4, -0.2) is 31.8 Å². The Morgan fingerprint density at radius 3 is 2.65 bits per heavy atom. The van der Waals surface area contributed by atoms with Crippen LogP contribution in [0.1, 0.15) is 24.0 Å². The first-order valence-corrected chi connectivity index (χ1v) is 8.57. The molecule has 0 unspecified atom stereocenters. The third kappa shape index (κ3) is 4.97. The van der Waals surface area contributed by atoms with Crippen molar-refractivity contribution < 1.29 is 14.3 Å². The molecule has 1 aliphatic rings. The Morgan fingerprint density at radius 2 is 2.00 bits per heavy atom. The summed E-state index contributed by atoms with van der Waals surface area (Å²) in [5, 5.41) is 2.95. The molecule has 2 aromatic rings. The van der Waals surface area contributed by atoms with Crippen molar-refractivity contribution in [3.05, 3.63) is 59.7 Å². The minimum Gasteiger partial charge on any atom is -0.496 e. The normalized spacial score (nSPS) is 18.8. The van der Waals surface area contributed by atoms with Crippen LogP contribution in [0.15, 0.2) is 48.5 Å². The van der Waals surface area contributed by atoms with E-state index in [2.05, 4.69) is 17.4 Å². The Hall–Kier alpha value is -2.08. The minimum atomic E-state index is -0.423. The molecule has 0 aromatic heterocycles. The maximum atomic E-state index is 12.4. The number of hydrogen-bond donors (Lipinski definition) is 2. The number of methoxy groups -OCH3 is 1. The van der Waals surface area contributed by atoms with Crippen molar-refractivity contribution >= 4 is 24.0 Å². The van der Waals surface area contributed by atoms with Gasteiger partial charge in [0.05, 0.1) is 13.2 Å². The van der Waals surface area contributed by atoms with Crippen molar-refractivity contribution in [2.75, 3.05) is 19.0 Å². The van der Waals surface area contributed by atoms with Gasteiger partial charge < -0.3 is 20.5 Å². The van der Waals surface area contributed by atoms with E-state index >= 15 is 0 Å². The molecule has 5 nitrogen and oxygen atoms in total. The number of halogens is 1. The molecule has 140 valence electrons. The van der Waals surface area contributed by atoms with Gasteiger partial charge in [0, 0.05) is 24.2 Å². The molecule has 0 spiro atoms. The van der Waals surface area contributed by atoms with Crippen LogP contribution in [0.5, 0.6) is 5.75 Å². The van der Waals surface area contributed by atoms with E-state index in [0.29, 0.717) is 13.0 Å². The monoisotopic (exact) mass is 376 g/mol. The smallest absolute Gasteiger partial charge is 0.253 e. The highest BCUT2D eigenvalue weighted by Gasteiger charge is 2.29. The zero-order valence-electron chi connectivity index (χ0n) is 14.8.